The number of rotatable bonds is 6. The molecule has 0 saturated carbocycles. The van der Waals surface area contributed by atoms with E-state index in [1.54, 1.807) is 0 Å². The predicted molar refractivity (Wildman–Crippen MR) is 87.5 cm³/mol. The van der Waals surface area contributed by atoms with Gasteiger partial charge in [0, 0.05) is 6.10 Å². The Hall–Kier alpha value is 0.877. The molecule has 4 heteroatoms. The molecule has 0 fully saturated rings. The number of hydrogen-bond donors (Lipinski definition) is 0. The van der Waals surface area contributed by atoms with Gasteiger partial charge in [0.15, 0.2) is 8.32 Å². The molecule has 0 aliphatic rings. The lowest BCUT2D eigenvalue weighted by atomic mass is 10.1. The van der Waals surface area contributed by atoms with E-state index in [2.05, 4.69) is 78.7 Å². The molecule has 0 aliphatic heterocycles. The second-order valence-electron chi connectivity index (χ2n) is 6.02. The van der Waals surface area contributed by atoms with Crippen LogP contribution >= 0.6 is 31.9 Å². The van der Waals surface area contributed by atoms with Gasteiger partial charge in [-0.15, -0.1) is 0 Å². The monoisotopic (exact) mass is 384 g/mol. The van der Waals surface area contributed by atoms with Crippen LogP contribution in [0.1, 0.15) is 47.0 Å². The van der Waals surface area contributed by atoms with Crippen LogP contribution < -0.4 is 0 Å². The smallest absolute Gasteiger partial charge is 0.192 e. The Labute approximate surface area is 125 Å². The molecule has 0 amide bonds. The van der Waals surface area contributed by atoms with Gasteiger partial charge in [-0.2, -0.15) is 0 Å². The lowest BCUT2D eigenvalue weighted by Gasteiger charge is -2.39. The van der Waals surface area contributed by atoms with Crippen LogP contribution in [-0.4, -0.2) is 14.4 Å². The Morgan fingerprint density at radius 1 is 1.29 bits per heavy atom. The molecule has 17 heavy (non-hydrogen) atoms. The molecule has 1 nitrogen and oxygen atoms in total. The zero-order valence-corrected chi connectivity index (χ0v) is 16.1. The van der Waals surface area contributed by atoms with Crippen molar-refractivity contribution >= 4 is 40.2 Å². The van der Waals surface area contributed by atoms with Crippen LogP contribution in [0.4, 0.5) is 0 Å². The van der Waals surface area contributed by atoms with Gasteiger partial charge < -0.3 is 4.43 Å². The highest BCUT2D eigenvalue weighted by molar-refractivity contribution is 9.28. The molecule has 0 heterocycles. The summed E-state index contributed by atoms with van der Waals surface area (Å²) < 4.78 is 7.46. The molecule has 0 spiro atoms. The summed E-state index contributed by atoms with van der Waals surface area (Å²) in [6.45, 7) is 13.7. The van der Waals surface area contributed by atoms with E-state index in [9.17, 15) is 0 Å². The van der Waals surface area contributed by atoms with Gasteiger partial charge >= 0.3 is 0 Å². The Morgan fingerprint density at radius 2 is 1.82 bits per heavy atom. The van der Waals surface area contributed by atoms with E-state index in [0.29, 0.717) is 6.10 Å². The molecular formula is C13H26Br2OSi. The Balaban J connectivity index is 4.59. The van der Waals surface area contributed by atoms with Gasteiger partial charge in [-0.25, -0.2) is 0 Å². The summed E-state index contributed by atoms with van der Waals surface area (Å²) in [5.41, 5.74) is 0. The van der Waals surface area contributed by atoms with Crippen LogP contribution in [0.3, 0.4) is 0 Å². The maximum Gasteiger partial charge on any atom is 0.192 e. The molecule has 0 aromatic carbocycles. The van der Waals surface area contributed by atoms with E-state index < -0.39 is 8.32 Å². The van der Waals surface area contributed by atoms with Crippen molar-refractivity contribution in [1.82, 2.24) is 0 Å². The second-order valence-corrected chi connectivity index (χ2v) is 13.5. The molecule has 0 aromatic rings. The highest BCUT2D eigenvalue weighted by atomic mass is 79.9. The van der Waals surface area contributed by atoms with Crippen molar-refractivity contribution in [2.75, 3.05) is 0 Å². The minimum atomic E-state index is -1.64. The largest absolute Gasteiger partial charge is 0.414 e. The first-order chi connectivity index (χ1) is 7.60. The summed E-state index contributed by atoms with van der Waals surface area (Å²) in [5, 5.41) is 0.286. The first kappa shape index (κ1) is 17.9. The SMILES string of the molecule is CCC[C@H](CC=C(Br)Br)O[Si](C)(C)C(C)(C)C. The minimum absolute atomic E-state index is 0.286. The van der Waals surface area contributed by atoms with Gasteiger partial charge in [0.1, 0.15) is 0 Å². The van der Waals surface area contributed by atoms with Crippen LogP contribution in [0.2, 0.25) is 18.1 Å². The summed E-state index contributed by atoms with van der Waals surface area (Å²) in [5.74, 6) is 0. The quantitative estimate of drug-likeness (QED) is 0.494. The van der Waals surface area contributed by atoms with Gasteiger partial charge in [0.25, 0.3) is 0 Å². The van der Waals surface area contributed by atoms with Crippen LogP contribution in [0.15, 0.2) is 9.47 Å². The Morgan fingerprint density at radius 3 is 2.18 bits per heavy atom. The standard InChI is InChI=1S/C13H26Br2OSi/c1-7-8-11(9-10-12(14)15)16-17(5,6)13(2,3)4/h10-11H,7-9H2,1-6H3/t11-/m1/s1. The molecule has 0 aliphatic carbocycles. The molecule has 0 unspecified atom stereocenters. The minimum Gasteiger partial charge on any atom is -0.414 e. The molecule has 0 rings (SSSR count). The summed E-state index contributed by atoms with van der Waals surface area (Å²) in [4.78, 5) is 0. The van der Waals surface area contributed by atoms with Crippen molar-refractivity contribution in [3.63, 3.8) is 0 Å². The van der Waals surface area contributed by atoms with Crippen LogP contribution in [-0.2, 0) is 4.43 Å². The summed E-state index contributed by atoms with van der Waals surface area (Å²) >= 11 is 6.81. The van der Waals surface area contributed by atoms with Crippen LogP contribution in [0, 0.1) is 0 Å². The topological polar surface area (TPSA) is 9.23 Å². The lowest BCUT2D eigenvalue weighted by molar-refractivity contribution is 0.173. The van der Waals surface area contributed by atoms with Crippen molar-refractivity contribution in [1.29, 1.82) is 0 Å². The summed E-state index contributed by atoms with van der Waals surface area (Å²) in [7, 11) is -1.64. The molecule has 0 radical (unpaired) electrons. The average molecular weight is 386 g/mol. The molecular weight excluding hydrogens is 360 g/mol. The van der Waals surface area contributed by atoms with Crippen molar-refractivity contribution in [3.05, 3.63) is 9.47 Å². The third-order valence-electron chi connectivity index (χ3n) is 3.41. The van der Waals surface area contributed by atoms with Crippen molar-refractivity contribution in [2.45, 2.75) is 71.2 Å². The van der Waals surface area contributed by atoms with Crippen molar-refractivity contribution < 1.29 is 4.43 Å². The van der Waals surface area contributed by atoms with E-state index in [1.807, 2.05) is 0 Å². The van der Waals surface area contributed by atoms with Gasteiger partial charge in [-0.05, 0) is 62.8 Å². The number of hydrogen-bond acceptors (Lipinski definition) is 1. The zero-order valence-electron chi connectivity index (χ0n) is 11.9. The third kappa shape index (κ3) is 7.14. The van der Waals surface area contributed by atoms with Crippen molar-refractivity contribution in [2.24, 2.45) is 0 Å². The molecule has 102 valence electrons. The molecule has 0 N–H and O–H groups in total. The molecule has 1 atom stereocenters. The van der Waals surface area contributed by atoms with Gasteiger partial charge in [-0.1, -0.05) is 40.2 Å². The fourth-order valence-corrected chi connectivity index (χ4v) is 3.14. The van der Waals surface area contributed by atoms with E-state index in [-0.39, 0.29) is 5.04 Å². The highest BCUT2D eigenvalue weighted by Crippen LogP contribution is 2.38. The Bertz CT molecular complexity index is 253. The molecule has 0 saturated heterocycles. The zero-order chi connectivity index (χ0) is 13.7. The third-order valence-corrected chi connectivity index (χ3v) is 8.60. The average Bonchev–Trinajstić information content (AvgIpc) is 2.12. The van der Waals surface area contributed by atoms with Gasteiger partial charge in [0.05, 0.1) is 3.39 Å². The van der Waals surface area contributed by atoms with E-state index in [0.717, 1.165) is 16.2 Å². The fourth-order valence-electron chi connectivity index (χ4n) is 1.36. The van der Waals surface area contributed by atoms with Crippen LogP contribution in [0.5, 0.6) is 0 Å². The van der Waals surface area contributed by atoms with E-state index in [4.69, 9.17) is 4.43 Å². The maximum absolute atomic E-state index is 6.45. The normalized spacial score (nSPS) is 14.6. The van der Waals surface area contributed by atoms with E-state index in [1.165, 1.54) is 6.42 Å². The Kier molecular flexibility index (Phi) is 7.85. The van der Waals surface area contributed by atoms with Gasteiger partial charge in [-0.3, -0.25) is 0 Å². The van der Waals surface area contributed by atoms with E-state index >= 15 is 0 Å². The van der Waals surface area contributed by atoms with Crippen molar-refractivity contribution in [3.8, 4) is 0 Å². The van der Waals surface area contributed by atoms with Crippen LogP contribution in [0.25, 0.3) is 0 Å². The summed E-state index contributed by atoms with van der Waals surface area (Å²) in [6, 6.07) is 0. The maximum atomic E-state index is 6.45. The molecule has 0 aromatic heterocycles. The predicted octanol–water partition coefficient (Wildman–Crippen LogP) is 6.20. The van der Waals surface area contributed by atoms with Gasteiger partial charge in [0.2, 0.25) is 0 Å². The second kappa shape index (κ2) is 7.46. The summed E-state index contributed by atoms with van der Waals surface area (Å²) in [6.07, 6.45) is 5.79. The first-order valence-electron chi connectivity index (χ1n) is 6.29. The number of halogens is 2. The first-order valence-corrected chi connectivity index (χ1v) is 10.8. The fraction of sp³-hybridized carbons (Fsp3) is 0.846. The highest BCUT2D eigenvalue weighted by Gasteiger charge is 2.38. The lowest BCUT2D eigenvalue weighted by Crippen LogP contribution is -2.43. The molecule has 0 bridgehead atoms.